The van der Waals surface area contributed by atoms with E-state index in [1.54, 1.807) is 0 Å². The smallest absolute Gasteiger partial charge is 0.335 e. The van der Waals surface area contributed by atoms with Crippen LogP contribution in [0.15, 0.2) is 9.98 Å². The normalized spacial score (nSPS) is 23.7. The summed E-state index contributed by atoms with van der Waals surface area (Å²) in [4.78, 5) is 7.60. The van der Waals surface area contributed by atoms with Gasteiger partial charge in [-0.1, -0.05) is 0 Å². The van der Waals surface area contributed by atoms with Crippen molar-refractivity contribution in [2.45, 2.75) is 5.50 Å². The maximum atomic E-state index is 4.00. The molecular weight excluding hydrogens is 197 g/mol. The van der Waals surface area contributed by atoms with Crippen molar-refractivity contribution in [1.82, 2.24) is 5.32 Å². The molecule has 1 rings (SSSR count). The second-order valence-corrected chi connectivity index (χ2v) is 2.70. The van der Waals surface area contributed by atoms with Gasteiger partial charge in [0.2, 0.25) is 0 Å². The maximum Gasteiger partial charge on any atom is 1.00 e. The number of thiol groups is 3. The monoisotopic (exact) mass is 202 g/mol. The van der Waals surface area contributed by atoms with E-state index in [-0.39, 0.29) is 35.1 Å². The van der Waals surface area contributed by atoms with Crippen molar-refractivity contribution >= 4 is 48.2 Å². The quantitative estimate of drug-likeness (QED) is 0.252. The van der Waals surface area contributed by atoms with Crippen LogP contribution >= 0.6 is 37.9 Å². The average molecular weight is 202 g/mol. The molecule has 1 heterocycles. The third-order valence-corrected chi connectivity index (χ3v) is 1.39. The van der Waals surface area contributed by atoms with Gasteiger partial charge in [0.15, 0.2) is 15.8 Å². The van der Waals surface area contributed by atoms with Gasteiger partial charge < -0.3 is 5.32 Å². The molecule has 0 aromatic heterocycles. The van der Waals surface area contributed by atoms with Crippen molar-refractivity contribution < 1.29 is 29.6 Å². The first-order valence-corrected chi connectivity index (χ1v) is 3.58. The van der Waals surface area contributed by atoms with Gasteiger partial charge >= 0.3 is 29.6 Å². The summed E-state index contributed by atoms with van der Waals surface area (Å²) in [7, 11) is 0. The minimum atomic E-state index is -0.262. The van der Waals surface area contributed by atoms with E-state index in [0.717, 1.165) is 0 Å². The fourth-order valence-electron chi connectivity index (χ4n) is 0.413. The molecule has 1 aliphatic heterocycles. The summed E-state index contributed by atoms with van der Waals surface area (Å²) in [6.45, 7) is 0. The molecule has 0 bridgehead atoms. The third kappa shape index (κ3) is 3.54. The van der Waals surface area contributed by atoms with Gasteiger partial charge in [-0.25, -0.2) is 4.99 Å². The average Bonchev–Trinajstić information content (AvgIpc) is 1.59. The van der Waals surface area contributed by atoms with Crippen molar-refractivity contribution in [2.75, 3.05) is 0 Å². The van der Waals surface area contributed by atoms with Gasteiger partial charge in [-0.05, 0) is 0 Å². The van der Waals surface area contributed by atoms with Crippen LogP contribution in [0.4, 0.5) is 0 Å². The maximum absolute atomic E-state index is 4.00. The molecule has 0 amide bonds. The zero-order valence-corrected chi connectivity index (χ0v) is 10.00. The van der Waals surface area contributed by atoms with Crippen LogP contribution in [0, 0.1) is 0 Å². The molecule has 1 unspecified atom stereocenters. The number of aliphatic imine (C=N–C) groups is 2. The van der Waals surface area contributed by atoms with Crippen molar-refractivity contribution in [1.29, 1.82) is 0 Å². The predicted octanol–water partition coefficient (Wildman–Crippen LogP) is -2.62. The molecule has 10 heavy (non-hydrogen) atoms. The van der Waals surface area contributed by atoms with Crippen molar-refractivity contribution in [2.24, 2.45) is 9.98 Å². The molecule has 0 radical (unpaired) electrons. The fourth-order valence-corrected chi connectivity index (χ4v) is 1.35. The summed E-state index contributed by atoms with van der Waals surface area (Å²) in [5.41, 5.74) is -0.262. The Morgan fingerprint density at radius 2 is 2.00 bits per heavy atom. The Balaban J connectivity index is 0.000000810. The van der Waals surface area contributed by atoms with E-state index in [0.29, 0.717) is 10.3 Å². The molecule has 0 aliphatic carbocycles. The molecule has 0 fully saturated rings. The summed E-state index contributed by atoms with van der Waals surface area (Å²) in [5, 5.41) is 3.65. The van der Waals surface area contributed by atoms with Crippen LogP contribution in [0.25, 0.3) is 0 Å². The topological polar surface area (TPSA) is 36.8 Å². The molecule has 0 saturated heterocycles. The van der Waals surface area contributed by atoms with E-state index in [1.807, 2.05) is 0 Å². The van der Waals surface area contributed by atoms with Gasteiger partial charge in [-0.2, -0.15) is 4.99 Å². The Bertz CT molecular complexity index is 180. The van der Waals surface area contributed by atoms with Crippen molar-refractivity contribution in [3.8, 4) is 0 Å². The van der Waals surface area contributed by atoms with Gasteiger partial charge in [0.1, 0.15) is 0 Å². The van der Waals surface area contributed by atoms with E-state index >= 15 is 0 Å². The van der Waals surface area contributed by atoms with Gasteiger partial charge in [0, 0.05) is 0 Å². The zero-order chi connectivity index (χ0) is 6.85. The Hall–Kier alpha value is 1.19. The van der Waals surface area contributed by atoms with Crippen LogP contribution in [0.3, 0.4) is 0 Å². The number of rotatable bonds is 0. The van der Waals surface area contributed by atoms with Gasteiger partial charge in [0.25, 0.3) is 0 Å². The molecule has 0 aromatic rings. The summed E-state index contributed by atoms with van der Waals surface area (Å²) >= 11 is 11.8. The molecule has 0 saturated carbocycles. The van der Waals surface area contributed by atoms with Crippen LogP contribution < -0.4 is 34.9 Å². The van der Waals surface area contributed by atoms with Gasteiger partial charge in [0.05, 0.1) is 0 Å². The summed E-state index contributed by atoms with van der Waals surface area (Å²) < 4.78 is 0. The second-order valence-electron chi connectivity index (χ2n) is 1.38. The minimum absolute atomic E-state index is 0. The molecular formula is C3H5N3NaS3+. The Morgan fingerprint density at radius 3 is 2.40 bits per heavy atom. The first kappa shape index (κ1) is 11.2. The van der Waals surface area contributed by atoms with E-state index in [9.17, 15) is 0 Å². The molecule has 1 aliphatic rings. The van der Waals surface area contributed by atoms with Crippen LogP contribution in [0.5, 0.6) is 0 Å². The van der Waals surface area contributed by atoms with E-state index in [4.69, 9.17) is 0 Å². The zero-order valence-electron chi connectivity index (χ0n) is 5.31. The number of hydrogen-bond acceptors (Lipinski definition) is 4. The predicted molar refractivity (Wildman–Crippen MR) is 48.8 cm³/mol. The standard InChI is InChI=1S/C3H5N3S3.Na/c7-1-4-2(8)6-3(9)5-1;/h1,7H,(H3,4,5,6,8,9);/q;+1. The number of amidine groups is 2. The van der Waals surface area contributed by atoms with Crippen molar-refractivity contribution in [3.05, 3.63) is 0 Å². The first-order chi connectivity index (χ1) is 4.18. The summed E-state index contributed by atoms with van der Waals surface area (Å²) in [6, 6.07) is 0. The summed E-state index contributed by atoms with van der Waals surface area (Å²) in [6.07, 6.45) is 0. The minimum Gasteiger partial charge on any atom is -0.335 e. The van der Waals surface area contributed by atoms with Gasteiger partial charge in [-0.15, -0.1) is 37.9 Å². The molecule has 0 spiro atoms. The molecule has 3 nitrogen and oxygen atoms in total. The summed E-state index contributed by atoms with van der Waals surface area (Å²) in [5.74, 6) is 0. The Morgan fingerprint density at radius 1 is 1.40 bits per heavy atom. The first-order valence-electron chi connectivity index (χ1n) is 2.17. The molecule has 1 N–H and O–H groups in total. The Kier molecular flexibility index (Phi) is 5.54. The van der Waals surface area contributed by atoms with Crippen molar-refractivity contribution in [3.63, 3.8) is 0 Å². The van der Waals surface area contributed by atoms with Crippen LogP contribution in [-0.4, -0.2) is 15.8 Å². The SMILES string of the molecule is SC1=NC(S)NC(S)=N1.[Na+]. The number of nitrogens with one attached hydrogen (secondary N) is 1. The molecule has 50 valence electrons. The molecule has 7 heteroatoms. The number of nitrogens with zero attached hydrogens (tertiary/aromatic N) is 2. The Labute approximate surface area is 97.7 Å². The van der Waals surface area contributed by atoms with Crippen LogP contribution in [0.1, 0.15) is 0 Å². The third-order valence-electron chi connectivity index (χ3n) is 0.702. The second kappa shape index (κ2) is 4.95. The molecule has 0 aromatic carbocycles. The van der Waals surface area contributed by atoms with Crippen LogP contribution in [0.2, 0.25) is 0 Å². The van der Waals surface area contributed by atoms with E-state index in [1.165, 1.54) is 0 Å². The van der Waals surface area contributed by atoms with E-state index in [2.05, 4.69) is 53.2 Å². The number of hydrogen-bond donors (Lipinski definition) is 4. The largest absolute Gasteiger partial charge is 1.00 e. The van der Waals surface area contributed by atoms with E-state index < -0.39 is 0 Å². The van der Waals surface area contributed by atoms with Gasteiger partial charge in [-0.3, -0.25) is 0 Å². The molecule has 1 atom stereocenters. The fraction of sp³-hybridized carbons (Fsp3) is 0.333. The van der Waals surface area contributed by atoms with Crippen LogP contribution in [-0.2, 0) is 0 Å².